The van der Waals surface area contributed by atoms with Gasteiger partial charge in [0.05, 0.1) is 17.3 Å². The molecule has 0 aliphatic rings. The van der Waals surface area contributed by atoms with E-state index >= 15 is 0 Å². The Morgan fingerprint density at radius 1 is 1.10 bits per heavy atom. The molecule has 2 aromatic carbocycles. The Bertz CT molecular complexity index is 1170. The average molecular weight is 433 g/mol. The molecular weight excluding hydrogens is 413 g/mol. The van der Waals surface area contributed by atoms with E-state index in [4.69, 9.17) is 9.15 Å². The lowest BCUT2D eigenvalue weighted by Gasteiger charge is -2.07. The average Bonchev–Trinajstić information content (AvgIpc) is 3.07. The van der Waals surface area contributed by atoms with Gasteiger partial charge in [0.25, 0.3) is 0 Å². The fourth-order valence-electron chi connectivity index (χ4n) is 2.89. The molecule has 7 nitrogen and oxygen atoms in total. The highest BCUT2D eigenvalue weighted by Crippen LogP contribution is 2.31. The summed E-state index contributed by atoms with van der Waals surface area (Å²) >= 11 is 0. The lowest BCUT2D eigenvalue weighted by Crippen LogP contribution is -2.16. The first-order valence-corrected chi connectivity index (χ1v) is 10.9. The van der Waals surface area contributed by atoms with Crippen molar-refractivity contribution in [2.75, 3.05) is 17.7 Å². The molecule has 30 heavy (non-hydrogen) atoms. The van der Waals surface area contributed by atoms with Crippen LogP contribution in [-0.2, 0) is 19.4 Å². The molecule has 0 radical (unpaired) electrons. The van der Waals surface area contributed by atoms with Gasteiger partial charge >= 0.3 is 5.97 Å². The van der Waals surface area contributed by atoms with Crippen LogP contribution in [0.1, 0.15) is 30.3 Å². The molecule has 3 rings (SSSR count). The van der Waals surface area contributed by atoms with Crippen LogP contribution in [0.15, 0.2) is 57.8 Å². The van der Waals surface area contributed by atoms with E-state index in [1.54, 1.807) is 31.2 Å². The first-order chi connectivity index (χ1) is 14.3. The molecule has 1 heterocycles. The molecule has 0 fully saturated rings. The van der Waals surface area contributed by atoms with Crippen molar-refractivity contribution in [1.82, 2.24) is 0 Å². The van der Waals surface area contributed by atoms with Gasteiger partial charge in [-0.15, -0.1) is 0 Å². The molecule has 0 aliphatic carbocycles. The molecule has 0 saturated heterocycles. The molecule has 3 aromatic rings. The maximum atomic E-state index is 13.0. The first kappa shape index (κ1) is 21.5. The monoisotopic (exact) mass is 433 g/mol. The number of hydrogen-bond donors (Lipinski definition) is 1. The zero-order valence-electron chi connectivity index (χ0n) is 16.2. The van der Waals surface area contributed by atoms with Gasteiger partial charge in [-0.2, -0.15) is 0 Å². The van der Waals surface area contributed by atoms with E-state index in [1.807, 2.05) is 0 Å². The number of carbonyl (C=O) groups excluding carboxylic acids is 2. The van der Waals surface area contributed by atoms with Gasteiger partial charge < -0.3 is 14.5 Å². The summed E-state index contributed by atoms with van der Waals surface area (Å²) < 4.78 is 48.1. The second-order valence-corrected chi connectivity index (χ2v) is 8.56. The van der Waals surface area contributed by atoms with Gasteiger partial charge in [-0.1, -0.05) is 12.1 Å². The number of hydrogen-bond acceptors (Lipinski definition) is 6. The van der Waals surface area contributed by atoms with Crippen LogP contribution in [-0.4, -0.2) is 32.7 Å². The van der Waals surface area contributed by atoms with E-state index in [1.165, 1.54) is 12.1 Å². The highest BCUT2D eigenvalue weighted by Gasteiger charge is 2.23. The van der Waals surface area contributed by atoms with Gasteiger partial charge in [0, 0.05) is 11.8 Å². The molecule has 1 N–H and O–H groups in total. The molecule has 158 valence electrons. The van der Waals surface area contributed by atoms with Gasteiger partial charge in [-0.3, -0.25) is 4.79 Å². The maximum absolute atomic E-state index is 13.0. The van der Waals surface area contributed by atoms with Gasteiger partial charge in [-0.25, -0.2) is 17.6 Å². The molecule has 0 unspecified atom stereocenters. The minimum atomic E-state index is -3.64. The minimum Gasteiger partial charge on any atom is -0.460 e. The lowest BCUT2D eigenvalue weighted by atomic mass is 10.2. The zero-order valence-corrected chi connectivity index (χ0v) is 17.0. The topological polar surface area (TPSA) is 103 Å². The molecular formula is C21H20FNO6S. The number of anilines is 1. The van der Waals surface area contributed by atoms with Crippen LogP contribution in [0.3, 0.4) is 0 Å². The van der Waals surface area contributed by atoms with Crippen molar-refractivity contribution < 1.29 is 31.6 Å². The van der Waals surface area contributed by atoms with E-state index in [0.717, 1.165) is 12.1 Å². The number of nitrogens with one attached hydrogen (secondary N) is 1. The Morgan fingerprint density at radius 2 is 1.80 bits per heavy atom. The molecule has 1 amide bonds. The highest BCUT2D eigenvalue weighted by atomic mass is 32.2. The predicted octanol–water partition coefficient (Wildman–Crippen LogP) is 3.94. The normalized spacial score (nSPS) is 11.4. The van der Waals surface area contributed by atoms with Crippen LogP contribution in [0.25, 0.3) is 11.0 Å². The number of para-hydroxylation sites is 1. The van der Waals surface area contributed by atoms with E-state index in [0.29, 0.717) is 11.0 Å². The maximum Gasteiger partial charge on any atom is 0.376 e. The fraction of sp³-hybridized carbons (Fsp3) is 0.238. The van der Waals surface area contributed by atoms with Crippen molar-refractivity contribution in [2.24, 2.45) is 0 Å². The third-order valence-corrected chi connectivity index (χ3v) is 6.13. The van der Waals surface area contributed by atoms with Crippen LogP contribution in [0, 0.1) is 5.82 Å². The number of rotatable bonds is 8. The molecule has 0 aliphatic heterocycles. The van der Waals surface area contributed by atoms with E-state index < -0.39 is 27.5 Å². The number of ether oxygens (including phenoxy) is 1. The smallest absolute Gasteiger partial charge is 0.376 e. The van der Waals surface area contributed by atoms with E-state index in [2.05, 4.69) is 5.32 Å². The van der Waals surface area contributed by atoms with Crippen LogP contribution >= 0.6 is 0 Å². The minimum absolute atomic E-state index is 0.00488. The Hall–Kier alpha value is -3.20. The summed E-state index contributed by atoms with van der Waals surface area (Å²) in [7, 11) is -3.64. The third-order valence-electron chi connectivity index (χ3n) is 4.31. The number of carbonyl (C=O) groups is 2. The second-order valence-electron chi connectivity index (χ2n) is 6.45. The summed E-state index contributed by atoms with van der Waals surface area (Å²) in [6, 6.07) is 11.3. The van der Waals surface area contributed by atoms with Gasteiger partial charge in [0.2, 0.25) is 11.7 Å². The summed E-state index contributed by atoms with van der Waals surface area (Å²) in [5.41, 5.74) is 0.602. The molecule has 0 saturated carbocycles. The second kappa shape index (κ2) is 9.08. The Morgan fingerprint density at radius 3 is 2.50 bits per heavy atom. The third kappa shape index (κ3) is 4.85. The van der Waals surface area contributed by atoms with Crippen LogP contribution in [0.5, 0.6) is 0 Å². The van der Waals surface area contributed by atoms with Crippen molar-refractivity contribution in [3.05, 3.63) is 60.1 Å². The van der Waals surface area contributed by atoms with Gasteiger partial charge in [-0.05, 0) is 49.7 Å². The number of esters is 1. The first-order valence-electron chi connectivity index (χ1n) is 9.28. The van der Waals surface area contributed by atoms with Crippen LogP contribution in [0.2, 0.25) is 0 Å². The molecule has 9 heteroatoms. The Labute approximate surface area is 172 Å². The van der Waals surface area contributed by atoms with Gasteiger partial charge in [0.1, 0.15) is 17.1 Å². The van der Waals surface area contributed by atoms with Gasteiger partial charge in [0.15, 0.2) is 9.84 Å². The number of amides is 1. The fourth-order valence-corrected chi connectivity index (χ4v) is 4.21. The lowest BCUT2D eigenvalue weighted by molar-refractivity contribution is -0.116. The molecule has 0 atom stereocenters. The zero-order chi connectivity index (χ0) is 21.7. The SMILES string of the molecule is CCOC(=O)c1oc2ccccc2c1NC(=O)CCCS(=O)(=O)c1ccc(F)cc1. The van der Waals surface area contributed by atoms with Crippen molar-refractivity contribution in [3.63, 3.8) is 0 Å². The standard InChI is InChI=1S/C21H20FNO6S/c1-2-28-21(25)20-19(16-6-3-4-7-17(16)29-20)23-18(24)8-5-13-30(26,27)15-11-9-14(22)10-12-15/h3-4,6-7,9-12H,2,5,8,13H2,1H3,(H,23,24). The van der Waals surface area contributed by atoms with Crippen molar-refractivity contribution in [1.29, 1.82) is 0 Å². The number of fused-ring (bicyclic) bond motifs is 1. The predicted molar refractivity (Wildman–Crippen MR) is 108 cm³/mol. The molecule has 1 aromatic heterocycles. The molecule has 0 spiro atoms. The molecule has 0 bridgehead atoms. The number of halogens is 1. The quantitative estimate of drug-likeness (QED) is 0.426. The summed E-state index contributed by atoms with van der Waals surface area (Å²) in [6.07, 6.45) is -0.0434. The number of sulfone groups is 1. The van der Waals surface area contributed by atoms with E-state index in [9.17, 15) is 22.4 Å². The Balaban J connectivity index is 1.69. The highest BCUT2D eigenvalue weighted by molar-refractivity contribution is 7.91. The summed E-state index contributed by atoms with van der Waals surface area (Å²) in [6.45, 7) is 1.80. The Kier molecular flexibility index (Phi) is 6.51. The largest absolute Gasteiger partial charge is 0.460 e. The van der Waals surface area contributed by atoms with E-state index in [-0.39, 0.29) is 41.5 Å². The van der Waals surface area contributed by atoms with Crippen LogP contribution < -0.4 is 5.32 Å². The number of benzene rings is 2. The summed E-state index contributed by atoms with van der Waals surface area (Å²) in [4.78, 5) is 24.6. The summed E-state index contributed by atoms with van der Waals surface area (Å²) in [5.74, 6) is -2.10. The van der Waals surface area contributed by atoms with Crippen LogP contribution in [0.4, 0.5) is 10.1 Å². The van der Waals surface area contributed by atoms with Crippen molar-refractivity contribution in [2.45, 2.75) is 24.7 Å². The number of furan rings is 1. The summed E-state index contributed by atoms with van der Waals surface area (Å²) in [5, 5.41) is 3.16. The van der Waals surface area contributed by atoms with Crippen molar-refractivity contribution in [3.8, 4) is 0 Å². The van der Waals surface area contributed by atoms with Crippen molar-refractivity contribution >= 4 is 38.4 Å².